The standard InChI is InChI=1S/C19H39NO/c1-6-8-12-20(13-9-7-2)15-16-14-17(19(3,4)5)10-11-18(16)21/h16-18,21H,6-15H2,1-5H3/t16-,17+,18+/m1/s1. The summed E-state index contributed by atoms with van der Waals surface area (Å²) < 4.78 is 0. The zero-order valence-electron chi connectivity index (χ0n) is 15.2. The second kappa shape index (κ2) is 9.15. The van der Waals surface area contributed by atoms with Gasteiger partial charge in [0.15, 0.2) is 0 Å². The van der Waals surface area contributed by atoms with Crippen molar-refractivity contribution in [3.05, 3.63) is 0 Å². The van der Waals surface area contributed by atoms with Gasteiger partial charge in [0.2, 0.25) is 0 Å². The Labute approximate surface area is 133 Å². The summed E-state index contributed by atoms with van der Waals surface area (Å²) in [5, 5.41) is 10.4. The van der Waals surface area contributed by atoms with Gasteiger partial charge in [0, 0.05) is 6.54 Å². The highest BCUT2D eigenvalue weighted by atomic mass is 16.3. The lowest BCUT2D eigenvalue weighted by molar-refractivity contribution is 0.00291. The largest absolute Gasteiger partial charge is 0.393 e. The van der Waals surface area contributed by atoms with E-state index >= 15 is 0 Å². The van der Waals surface area contributed by atoms with Gasteiger partial charge in [0.25, 0.3) is 0 Å². The molecular weight excluding hydrogens is 258 g/mol. The van der Waals surface area contributed by atoms with E-state index in [1.165, 1.54) is 51.6 Å². The molecule has 0 bridgehead atoms. The van der Waals surface area contributed by atoms with Crippen molar-refractivity contribution in [3.63, 3.8) is 0 Å². The van der Waals surface area contributed by atoms with E-state index in [9.17, 15) is 5.11 Å². The fraction of sp³-hybridized carbons (Fsp3) is 1.00. The van der Waals surface area contributed by atoms with Crippen LogP contribution in [0.5, 0.6) is 0 Å². The van der Waals surface area contributed by atoms with Crippen LogP contribution >= 0.6 is 0 Å². The van der Waals surface area contributed by atoms with Gasteiger partial charge in [-0.3, -0.25) is 0 Å². The van der Waals surface area contributed by atoms with Gasteiger partial charge in [-0.1, -0.05) is 47.5 Å². The monoisotopic (exact) mass is 297 g/mol. The van der Waals surface area contributed by atoms with Crippen LogP contribution in [0.15, 0.2) is 0 Å². The van der Waals surface area contributed by atoms with Crippen LogP contribution in [0.4, 0.5) is 0 Å². The first-order valence-corrected chi connectivity index (χ1v) is 9.28. The minimum absolute atomic E-state index is 0.0747. The lowest BCUT2D eigenvalue weighted by Crippen LogP contribution is -2.42. The van der Waals surface area contributed by atoms with Crippen molar-refractivity contribution in [2.75, 3.05) is 19.6 Å². The predicted molar refractivity (Wildman–Crippen MR) is 92.5 cm³/mol. The van der Waals surface area contributed by atoms with Crippen LogP contribution < -0.4 is 0 Å². The van der Waals surface area contributed by atoms with Crippen molar-refractivity contribution >= 4 is 0 Å². The molecule has 0 aromatic heterocycles. The van der Waals surface area contributed by atoms with E-state index in [1.54, 1.807) is 0 Å². The number of nitrogens with zero attached hydrogens (tertiary/aromatic N) is 1. The maximum absolute atomic E-state index is 10.4. The van der Waals surface area contributed by atoms with E-state index in [2.05, 4.69) is 39.5 Å². The van der Waals surface area contributed by atoms with Crippen LogP contribution in [0.3, 0.4) is 0 Å². The Morgan fingerprint density at radius 2 is 1.57 bits per heavy atom. The zero-order chi connectivity index (χ0) is 15.9. The van der Waals surface area contributed by atoms with Gasteiger partial charge < -0.3 is 10.0 Å². The quantitative estimate of drug-likeness (QED) is 0.701. The Hall–Kier alpha value is -0.0800. The molecule has 1 rings (SSSR count). The van der Waals surface area contributed by atoms with Crippen LogP contribution in [-0.2, 0) is 0 Å². The summed E-state index contributed by atoms with van der Waals surface area (Å²) >= 11 is 0. The third-order valence-electron chi connectivity index (χ3n) is 5.32. The van der Waals surface area contributed by atoms with Gasteiger partial charge >= 0.3 is 0 Å². The van der Waals surface area contributed by atoms with Gasteiger partial charge in [-0.05, 0) is 62.4 Å². The minimum Gasteiger partial charge on any atom is -0.393 e. The number of rotatable bonds is 8. The molecule has 0 radical (unpaired) electrons. The number of hydrogen-bond acceptors (Lipinski definition) is 2. The molecule has 0 spiro atoms. The molecule has 21 heavy (non-hydrogen) atoms. The fourth-order valence-electron chi connectivity index (χ4n) is 3.62. The van der Waals surface area contributed by atoms with Crippen molar-refractivity contribution in [1.29, 1.82) is 0 Å². The summed E-state index contributed by atoms with van der Waals surface area (Å²) in [5.74, 6) is 1.25. The van der Waals surface area contributed by atoms with Crippen LogP contribution in [0, 0.1) is 17.3 Å². The predicted octanol–water partition coefficient (Wildman–Crippen LogP) is 4.71. The third kappa shape index (κ3) is 6.69. The van der Waals surface area contributed by atoms with Gasteiger partial charge in [-0.25, -0.2) is 0 Å². The summed E-state index contributed by atoms with van der Waals surface area (Å²) in [6, 6.07) is 0. The highest BCUT2D eigenvalue weighted by Crippen LogP contribution is 2.40. The molecule has 0 aromatic carbocycles. The topological polar surface area (TPSA) is 23.5 Å². The lowest BCUT2D eigenvalue weighted by Gasteiger charge is -2.41. The summed E-state index contributed by atoms with van der Waals surface area (Å²) in [6.07, 6.45) is 8.44. The average Bonchev–Trinajstić information content (AvgIpc) is 2.42. The Bertz CT molecular complexity index is 263. The maximum Gasteiger partial charge on any atom is 0.0580 e. The van der Waals surface area contributed by atoms with Gasteiger partial charge in [0.05, 0.1) is 6.10 Å². The van der Waals surface area contributed by atoms with Crippen LogP contribution in [-0.4, -0.2) is 35.7 Å². The van der Waals surface area contributed by atoms with Crippen molar-refractivity contribution in [1.82, 2.24) is 4.90 Å². The Morgan fingerprint density at radius 1 is 1.00 bits per heavy atom. The molecule has 2 heteroatoms. The van der Waals surface area contributed by atoms with Crippen LogP contribution in [0.1, 0.15) is 79.6 Å². The van der Waals surface area contributed by atoms with E-state index in [1.807, 2.05) is 0 Å². The molecule has 0 aliphatic heterocycles. The van der Waals surface area contributed by atoms with Crippen LogP contribution in [0.25, 0.3) is 0 Å². The molecule has 3 atom stereocenters. The smallest absolute Gasteiger partial charge is 0.0580 e. The SMILES string of the molecule is CCCCN(CCCC)C[C@H]1C[C@@H](C(C)(C)C)CC[C@@H]1O. The number of aliphatic hydroxyl groups is 1. The highest BCUT2D eigenvalue weighted by Gasteiger charge is 2.35. The molecule has 126 valence electrons. The normalized spacial score (nSPS) is 27.3. The number of unbranched alkanes of at least 4 members (excludes halogenated alkanes) is 2. The first-order valence-electron chi connectivity index (χ1n) is 9.28. The van der Waals surface area contributed by atoms with E-state index in [4.69, 9.17) is 0 Å². The summed E-state index contributed by atoms with van der Waals surface area (Å²) in [7, 11) is 0. The first-order chi connectivity index (χ1) is 9.88. The summed E-state index contributed by atoms with van der Waals surface area (Å²) in [4.78, 5) is 2.62. The molecule has 0 unspecified atom stereocenters. The van der Waals surface area contributed by atoms with E-state index in [0.717, 1.165) is 18.9 Å². The van der Waals surface area contributed by atoms with E-state index < -0.39 is 0 Å². The molecule has 2 nitrogen and oxygen atoms in total. The highest BCUT2D eigenvalue weighted by molar-refractivity contribution is 4.87. The Balaban J connectivity index is 2.57. The molecule has 0 amide bonds. The number of aliphatic hydroxyl groups excluding tert-OH is 1. The first kappa shape index (κ1) is 19.0. The van der Waals surface area contributed by atoms with Crippen molar-refractivity contribution in [2.24, 2.45) is 17.3 Å². The molecule has 0 aromatic rings. The fourth-order valence-corrected chi connectivity index (χ4v) is 3.62. The van der Waals surface area contributed by atoms with Gasteiger partial charge in [0.1, 0.15) is 0 Å². The van der Waals surface area contributed by atoms with Crippen LogP contribution in [0.2, 0.25) is 0 Å². The summed E-state index contributed by atoms with van der Waals surface area (Å²) in [5.41, 5.74) is 0.385. The molecule has 1 N–H and O–H groups in total. The number of hydrogen-bond donors (Lipinski definition) is 1. The lowest BCUT2D eigenvalue weighted by atomic mass is 9.68. The van der Waals surface area contributed by atoms with E-state index in [-0.39, 0.29) is 6.10 Å². The second-order valence-electron chi connectivity index (χ2n) is 8.21. The van der Waals surface area contributed by atoms with Gasteiger partial charge in [-0.15, -0.1) is 0 Å². The molecule has 1 aliphatic carbocycles. The second-order valence-corrected chi connectivity index (χ2v) is 8.21. The Kier molecular flexibility index (Phi) is 8.26. The van der Waals surface area contributed by atoms with Crippen molar-refractivity contribution in [3.8, 4) is 0 Å². The van der Waals surface area contributed by atoms with Gasteiger partial charge in [-0.2, -0.15) is 0 Å². The zero-order valence-corrected chi connectivity index (χ0v) is 15.2. The Morgan fingerprint density at radius 3 is 2.05 bits per heavy atom. The minimum atomic E-state index is -0.0747. The average molecular weight is 298 g/mol. The van der Waals surface area contributed by atoms with Crippen molar-refractivity contribution in [2.45, 2.75) is 85.7 Å². The molecular formula is C19H39NO. The molecule has 0 saturated heterocycles. The molecule has 1 fully saturated rings. The molecule has 1 saturated carbocycles. The third-order valence-corrected chi connectivity index (χ3v) is 5.32. The summed E-state index contributed by atoms with van der Waals surface area (Å²) in [6.45, 7) is 15.1. The molecule has 0 heterocycles. The molecule has 1 aliphatic rings. The maximum atomic E-state index is 10.4. The van der Waals surface area contributed by atoms with E-state index in [0.29, 0.717) is 11.3 Å². The van der Waals surface area contributed by atoms with Crippen molar-refractivity contribution < 1.29 is 5.11 Å².